The van der Waals surface area contributed by atoms with Crippen molar-refractivity contribution in [2.24, 2.45) is 0 Å². The normalized spacial score (nSPS) is 11.9. The van der Waals surface area contributed by atoms with E-state index in [0.29, 0.717) is 41.8 Å². The quantitative estimate of drug-likeness (QED) is 0.415. The summed E-state index contributed by atoms with van der Waals surface area (Å²) in [5, 5.41) is 2.84. The number of anilines is 1. The predicted octanol–water partition coefficient (Wildman–Crippen LogP) is 5.41. The zero-order chi connectivity index (χ0) is 24.9. The van der Waals surface area contributed by atoms with Crippen LogP contribution in [0.4, 0.5) is 18.9 Å². The smallest absolute Gasteiger partial charge is 0.322 e. The first-order valence-electron chi connectivity index (χ1n) is 10.6. The monoisotopic (exact) mass is 490 g/mol. The largest absolute Gasteiger partial charge is 0.416 e. The Labute approximate surface area is 197 Å². The first-order chi connectivity index (χ1) is 15.9. The molecule has 2 N–H and O–H groups in total. The first kappa shape index (κ1) is 25.5. The summed E-state index contributed by atoms with van der Waals surface area (Å²) in [7, 11) is -3.21. The molecule has 0 saturated heterocycles. The molecule has 0 spiro atoms. The van der Waals surface area contributed by atoms with Crippen LogP contribution in [0.25, 0.3) is 11.1 Å². The maximum Gasteiger partial charge on any atom is 0.416 e. The van der Waals surface area contributed by atoms with Gasteiger partial charge in [0.25, 0.3) is 5.91 Å². The van der Waals surface area contributed by atoms with E-state index in [4.69, 9.17) is 0 Å². The van der Waals surface area contributed by atoms with Gasteiger partial charge in [-0.05, 0) is 72.4 Å². The first-order valence-corrected chi connectivity index (χ1v) is 12.5. The molecular weight excluding hydrogens is 465 g/mol. The van der Waals surface area contributed by atoms with Crippen molar-refractivity contribution in [3.63, 3.8) is 0 Å². The lowest BCUT2D eigenvalue weighted by Gasteiger charge is -2.14. The average Bonchev–Trinajstić information content (AvgIpc) is 2.76. The molecule has 0 fully saturated rings. The minimum atomic E-state index is -4.43. The minimum absolute atomic E-state index is 0.345. The highest BCUT2D eigenvalue weighted by atomic mass is 32.2. The molecule has 1 amide bonds. The van der Waals surface area contributed by atoms with Crippen LogP contribution in [0.2, 0.25) is 0 Å². The van der Waals surface area contributed by atoms with Gasteiger partial charge in [0, 0.05) is 17.8 Å². The van der Waals surface area contributed by atoms with Crippen molar-refractivity contribution in [1.82, 2.24) is 4.72 Å². The van der Waals surface area contributed by atoms with Crippen LogP contribution in [0.3, 0.4) is 0 Å². The number of hydrogen-bond acceptors (Lipinski definition) is 3. The molecule has 3 aromatic carbocycles. The summed E-state index contributed by atoms with van der Waals surface area (Å²) < 4.78 is 63.4. The number of aryl methyl sites for hydroxylation is 2. The Kier molecular flexibility index (Phi) is 7.78. The van der Waals surface area contributed by atoms with E-state index in [-0.39, 0.29) is 5.91 Å². The van der Waals surface area contributed by atoms with Gasteiger partial charge in [0.05, 0.1) is 11.8 Å². The zero-order valence-electron chi connectivity index (χ0n) is 18.7. The molecule has 0 aromatic heterocycles. The van der Waals surface area contributed by atoms with Crippen LogP contribution in [0.15, 0.2) is 66.7 Å². The average molecular weight is 491 g/mol. The Morgan fingerprint density at radius 2 is 1.59 bits per heavy atom. The predicted molar refractivity (Wildman–Crippen MR) is 127 cm³/mol. The number of halogens is 3. The minimum Gasteiger partial charge on any atom is -0.322 e. The van der Waals surface area contributed by atoms with Crippen molar-refractivity contribution in [2.45, 2.75) is 25.9 Å². The molecule has 0 radical (unpaired) electrons. The van der Waals surface area contributed by atoms with Gasteiger partial charge in [-0.3, -0.25) is 4.79 Å². The summed E-state index contributed by atoms with van der Waals surface area (Å²) >= 11 is 0. The maximum atomic E-state index is 13.0. The highest BCUT2D eigenvalue weighted by molar-refractivity contribution is 7.88. The molecular formula is C25H25F3N2O3S. The molecule has 0 bridgehead atoms. The molecule has 5 nitrogen and oxygen atoms in total. The van der Waals surface area contributed by atoms with E-state index in [1.54, 1.807) is 37.3 Å². The number of carbonyl (C=O) groups excluding carboxylic acids is 1. The second-order valence-electron chi connectivity index (χ2n) is 7.99. The fourth-order valence-corrected chi connectivity index (χ4v) is 4.08. The zero-order valence-corrected chi connectivity index (χ0v) is 19.6. The van der Waals surface area contributed by atoms with Crippen molar-refractivity contribution in [2.75, 3.05) is 18.1 Å². The Morgan fingerprint density at radius 1 is 0.941 bits per heavy atom. The van der Waals surface area contributed by atoms with E-state index in [2.05, 4.69) is 10.0 Å². The summed E-state index contributed by atoms with van der Waals surface area (Å²) in [6.45, 7) is 2.15. The molecule has 0 unspecified atom stereocenters. The highest BCUT2D eigenvalue weighted by Crippen LogP contribution is 2.33. The maximum absolute atomic E-state index is 13.0. The lowest BCUT2D eigenvalue weighted by molar-refractivity contribution is -0.137. The number of carbonyl (C=O) groups is 1. The third kappa shape index (κ3) is 6.91. The Hall–Kier alpha value is -3.17. The van der Waals surface area contributed by atoms with Crippen LogP contribution in [-0.2, 0) is 22.6 Å². The number of benzene rings is 3. The lowest BCUT2D eigenvalue weighted by Crippen LogP contribution is -2.23. The number of sulfonamides is 1. The Balaban J connectivity index is 1.73. The van der Waals surface area contributed by atoms with Crippen LogP contribution < -0.4 is 10.0 Å². The second-order valence-corrected chi connectivity index (χ2v) is 9.83. The molecule has 0 saturated carbocycles. The highest BCUT2D eigenvalue weighted by Gasteiger charge is 2.30. The van der Waals surface area contributed by atoms with Crippen molar-refractivity contribution in [3.8, 4) is 11.1 Å². The van der Waals surface area contributed by atoms with Crippen molar-refractivity contribution >= 4 is 21.6 Å². The molecule has 180 valence electrons. The van der Waals surface area contributed by atoms with Crippen LogP contribution in [0.5, 0.6) is 0 Å². The van der Waals surface area contributed by atoms with Gasteiger partial charge in [-0.15, -0.1) is 0 Å². The van der Waals surface area contributed by atoms with E-state index < -0.39 is 21.8 Å². The Morgan fingerprint density at radius 3 is 2.18 bits per heavy atom. The van der Waals surface area contributed by atoms with Crippen LogP contribution in [0, 0.1) is 6.92 Å². The van der Waals surface area contributed by atoms with Gasteiger partial charge in [-0.1, -0.05) is 36.4 Å². The van der Waals surface area contributed by atoms with Gasteiger partial charge >= 0.3 is 6.18 Å². The molecule has 0 heterocycles. The second kappa shape index (κ2) is 10.4. The summed E-state index contributed by atoms with van der Waals surface area (Å²) in [5.74, 6) is -0.372. The van der Waals surface area contributed by atoms with Crippen molar-refractivity contribution < 1.29 is 26.4 Å². The standard InChI is InChI=1S/C25H25F3N2O3S/c1-17-5-3-7-22(23(17)19-10-12-20(13-11-19)25(26,27)28)24(31)30-21-14-8-18(9-15-21)6-4-16-29-34(2,32)33/h3,5,7-15,29H,4,6,16H2,1-2H3,(H,30,31). The summed E-state index contributed by atoms with van der Waals surface area (Å²) in [6.07, 6.45) is -2.01. The molecule has 0 aliphatic heterocycles. The topological polar surface area (TPSA) is 75.3 Å². The molecule has 0 aliphatic rings. The van der Waals surface area contributed by atoms with E-state index >= 15 is 0 Å². The van der Waals surface area contributed by atoms with Gasteiger partial charge in [0.15, 0.2) is 0 Å². The van der Waals surface area contributed by atoms with Crippen LogP contribution >= 0.6 is 0 Å². The summed E-state index contributed by atoms with van der Waals surface area (Å²) in [5.41, 5.74) is 3.04. The Bertz CT molecular complexity index is 1250. The molecule has 34 heavy (non-hydrogen) atoms. The van der Waals surface area contributed by atoms with E-state index in [0.717, 1.165) is 29.5 Å². The number of amides is 1. The van der Waals surface area contributed by atoms with Crippen LogP contribution in [0.1, 0.15) is 33.5 Å². The third-order valence-electron chi connectivity index (χ3n) is 5.24. The molecule has 3 rings (SSSR count). The fourth-order valence-electron chi connectivity index (χ4n) is 3.57. The molecule has 0 atom stereocenters. The summed E-state index contributed by atoms with van der Waals surface area (Å²) in [4.78, 5) is 13.0. The van der Waals surface area contributed by atoms with Gasteiger partial charge in [0.2, 0.25) is 10.0 Å². The molecule has 0 aliphatic carbocycles. The molecule has 9 heteroatoms. The van der Waals surface area contributed by atoms with Crippen molar-refractivity contribution in [3.05, 3.63) is 89.0 Å². The number of nitrogens with one attached hydrogen (secondary N) is 2. The molecule has 3 aromatic rings. The van der Waals surface area contributed by atoms with Gasteiger partial charge in [-0.2, -0.15) is 13.2 Å². The fraction of sp³-hybridized carbons (Fsp3) is 0.240. The summed E-state index contributed by atoms with van der Waals surface area (Å²) in [6, 6.07) is 17.1. The van der Waals surface area contributed by atoms with E-state index in [1.807, 2.05) is 12.1 Å². The van der Waals surface area contributed by atoms with Crippen molar-refractivity contribution in [1.29, 1.82) is 0 Å². The lowest BCUT2D eigenvalue weighted by atomic mass is 9.94. The third-order valence-corrected chi connectivity index (χ3v) is 5.97. The van der Waals surface area contributed by atoms with Crippen LogP contribution in [-0.4, -0.2) is 27.1 Å². The SMILES string of the molecule is Cc1cccc(C(=O)Nc2ccc(CCCNS(C)(=O)=O)cc2)c1-c1ccc(C(F)(F)F)cc1. The number of rotatable bonds is 8. The van der Waals surface area contributed by atoms with E-state index in [9.17, 15) is 26.4 Å². The number of hydrogen-bond donors (Lipinski definition) is 2. The van der Waals surface area contributed by atoms with Gasteiger partial charge in [-0.25, -0.2) is 13.1 Å². The van der Waals surface area contributed by atoms with Gasteiger partial charge in [0.1, 0.15) is 0 Å². The van der Waals surface area contributed by atoms with Gasteiger partial charge < -0.3 is 5.32 Å². The van der Waals surface area contributed by atoms with E-state index in [1.165, 1.54) is 12.1 Å². The number of alkyl halides is 3.